The van der Waals surface area contributed by atoms with E-state index < -0.39 is 5.97 Å². The predicted molar refractivity (Wildman–Crippen MR) is 74.2 cm³/mol. The largest absolute Gasteiger partial charge is 0.481 e. The number of carbonyl (C=O) groups excluding carboxylic acids is 1. The van der Waals surface area contributed by atoms with Crippen LogP contribution in [0.2, 0.25) is 0 Å². The topological polar surface area (TPSA) is 86.6 Å². The van der Waals surface area contributed by atoms with Gasteiger partial charge in [0.2, 0.25) is 0 Å². The molecule has 0 saturated carbocycles. The highest BCUT2D eigenvalue weighted by Crippen LogP contribution is 2.05. The van der Waals surface area contributed by atoms with Gasteiger partial charge in [0.1, 0.15) is 0 Å². The van der Waals surface area contributed by atoms with Crippen molar-refractivity contribution in [1.29, 1.82) is 0 Å². The molecular weight excluding hydrogens is 258 g/mol. The van der Waals surface area contributed by atoms with Crippen LogP contribution in [0, 0.1) is 11.8 Å². The van der Waals surface area contributed by atoms with Gasteiger partial charge in [0, 0.05) is 23.6 Å². The maximum atomic E-state index is 11.8. The van der Waals surface area contributed by atoms with E-state index in [0.29, 0.717) is 11.1 Å². The second-order valence-electron chi connectivity index (χ2n) is 4.33. The molecule has 1 aromatic carbocycles. The first kappa shape index (κ1) is 15.7. The van der Waals surface area contributed by atoms with Crippen LogP contribution in [0.5, 0.6) is 0 Å². The third kappa shape index (κ3) is 5.55. The minimum absolute atomic E-state index is 0.00118. The van der Waals surface area contributed by atoms with Gasteiger partial charge in [-0.05, 0) is 25.1 Å². The number of benzene rings is 1. The third-order valence-electron chi connectivity index (χ3n) is 2.47. The van der Waals surface area contributed by atoms with Crippen molar-refractivity contribution in [3.05, 3.63) is 35.4 Å². The molecule has 0 aromatic heterocycles. The zero-order chi connectivity index (χ0) is 15.0. The van der Waals surface area contributed by atoms with Crippen molar-refractivity contribution in [2.24, 2.45) is 0 Å². The summed E-state index contributed by atoms with van der Waals surface area (Å²) >= 11 is 0. The van der Waals surface area contributed by atoms with E-state index in [1.54, 1.807) is 31.2 Å². The summed E-state index contributed by atoms with van der Waals surface area (Å²) in [6.45, 7) is 1.58. The highest BCUT2D eigenvalue weighted by Gasteiger charge is 2.08. The number of amides is 1. The van der Waals surface area contributed by atoms with Crippen molar-refractivity contribution in [3.8, 4) is 11.8 Å². The molecule has 0 fully saturated rings. The van der Waals surface area contributed by atoms with Crippen LogP contribution in [0.15, 0.2) is 24.3 Å². The van der Waals surface area contributed by atoms with E-state index in [4.69, 9.17) is 10.2 Å². The Labute approximate surface area is 117 Å². The molecule has 1 rings (SSSR count). The molecule has 1 amide bonds. The summed E-state index contributed by atoms with van der Waals surface area (Å²) in [4.78, 5) is 22.2. The molecule has 0 spiro atoms. The summed E-state index contributed by atoms with van der Waals surface area (Å²) in [5, 5.41) is 20.0. The fourth-order valence-electron chi connectivity index (χ4n) is 1.42. The monoisotopic (exact) mass is 275 g/mol. The standard InChI is InChI=1S/C15H17NO4/c1-11(10-17)16-15(20)13-7-4-6-12(9-13)5-2-3-8-14(18)19/h4,6-7,9,11,17H,3,8,10H2,1H3,(H,16,20)(H,18,19). The SMILES string of the molecule is CC(CO)NC(=O)c1cccc(C#CCCC(=O)O)c1. The Morgan fingerprint density at radius 2 is 2.15 bits per heavy atom. The minimum Gasteiger partial charge on any atom is -0.481 e. The minimum atomic E-state index is -0.884. The fourth-order valence-corrected chi connectivity index (χ4v) is 1.42. The molecule has 106 valence electrons. The van der Waals surface area contributed by atoms with Crippen LogP contribution in [0.3, 0.4) is 0 Å². The van der Waals surface area contributed by atoms with E-state index in [9.17, 15) is 9.59 Å². The van der Waals surface area contributed by atoms with Crippen molar-refractivity contribution >= 4 is 11.9 Å². The number of carbonyl (C=O) groups is 2. The average Bonchev–Trinajstić information content (AvgIpc) is 2.43. The number of rotatable bonds is 5. The molecule has 0 aliphatic rings. The van der Waals surface area contributed by atoms with Gasteiger partial charge in [-0.25, -0.2) is 0 Å². The smallest absolute Gasteiger partial charge is 0.304 e. The Kier molecular flexibility index (Phi) is 6.27. The predicted octanol–water partition coefficient (Wildman–Crippen LogP) is 1.01. The molecule has 5 heteroatoms. The second-order valence-corrected chi connectivity index (χ2v) is 4.33. The molecule has 1 aromatic rings. The van der Waals surface area contributed by atoms with E-state index in [0.717, 1.165) is 0 Å². The summed E-state index contributed by atoms with van der Waals surface area (Å²) in [7, 11) is 0. The number of nitrogens with one attached hydrogen (secondary N) is 1. The molecule has 0 aliphatic carbocycles. The lowest BCUT2D eigenvalue weighted by molar-refractivity contribution is -0.136. The lowest BCUT2D eigenvalue weighted by Gasteiger charge is -2.10. The normalized spacial score (nSPS) is 11.1. The van der Waals surface area contributed by atoms with Gasteiger partial charge in [-0.15, -0.1) is 0 Å². The van der Waals surface area contributed by atoms with Gasteiger partial charge in [0.25, 0.3) is 5.91 Å². The summed E-state index contributed by atoms with van der Waals surface area (Å²) in [6, 6.07) is 6.43. The molecule has 0 aliphatic heterocycles. The maximum absolute atomic E-state index is 11.8. The van der Waals surface area contributed by atoms with Crippen LogP contribution >= 0.6 is 0 Å². The van der Waals surface area contributed by atoms with E-state index in [1.165, 1.54) is 0 Å². The Morgan fingerprint density at radius 3 is 2.80 bits per heavy atom. The average molecular weight is 275 g/mol. The van der Waals surface area contributed by atoms with Crippen LogP contribution in [0.25, 0.3) is 0 Å². The molecular formula is C15H17NO4. The number of hydrogen-bond acceptors (Lipinski definition) is 3. The van der Waals surface area contributed by atoms with Gasteiger partial charge < -0.3 is 15.5 Å². The molecule has 1 atom stereocenters. The van der Waals surface area contributed by atoms with Gasteiger partial charge >= 0.3 is 5.97 Å². The van der Waals surface area contributed by atoms with E-state index in [1.807, 2.05) is 0 Å². The Morgan fingerprint density at radius 1 is 1.40 bits per heavy atom. The highest BCUT2D eigenvalue weighted by atomic mass is 16.4. The number of carboxylic acids is 1. The summed E-state index contributed by atoms with van der Waals surface area (Å²) < 4.78 is 0. The van der Waals surface area contributed by atoms with Gasteiger partial charge in [0.15, 0.2) is 0 Å². The number of aliphatic carboxylic acids is 1. The Hall–Kier alpha value is -2.32. The Bertz CT molecular complexity index is 542. The van der Waals surface area contributed by atoms with Crippen molar-refractivity contribution in [2.45, 2.75) is 25.8 Å². The molecule has 20 heavy (non-hydrogen) atoms. The summed E-state index contributed by atoms with van der Waals surface area (Å²) in [5.41, 5.74) is 1.11. The fraction of sp³-hybridized carbons (Fsp3) is 0.333. The maximum Gasteiger partial charge on any atom is 0.304 e. The summed E-state index contributed by atoms with van der Waals surface area (Å²) in [6.07, 6.45) is 0.272. The first-order chi connectivity index (χ1) is 9.52. The van der Waals surface area contributed by atoms with Crippen LogP contribution < -0.4 is 5.32 Å². The van der Waals surface area contributed by atoms with Gasteiger partial charge in [-0.1, -0.05) is 17.9 Å². The molecule has 0 heterocycles. The van der Waals surface area contributed by atoms with Crippen LogP contribution in [0.4, 0.5) is 0 Å². The van der Waals surface area contributed by atoms with Crippen molar-refractivity contribution < 1.29 is 19.8 Å². The zero-order valence-electron chi connectivity index (χ0n) is 11.2. The Balaban J connectivity index is 2.70. The van der Waals surface area contributed by atoms with Crippen LogP contribution in [-0.2, 0) is 4.79 Å². The first-order valence-corrected chi connectivity index (χ1v) is 6.25. The lowest BCUT2D eigenvalue weighted by Crippen LogP contribution is -2.34. The molecule has 0 saturated heterocycles. The number of carboxylic acid groups (broad SMARTS) is 1. The summed E-state index contributed by atoms with van der Waals surface area (Å²) in [5.74, 6) is 4.41. The first-order valence-electron chi connectivity index (χ1n) is 6.25. The van der Waals surface area contributed by atoms with E-state index in [2.05, 4.69) is 17.2 Å². The molecule has 1 unspecified atom stereocenters. The van der Waals surface area contributed by atoms with Crippen LogP contribution in [-0.4, -0.2) is 34.7 Å². The van der Waals surface area contributed by atoms with Crippen molar-refractivity contribution in [1.82, 2.24) is 5.32 Å². The highest BCUT2D eigenvalue weighted by molar-refractivity contribution is 5.94. The lowest BCUT2D eigenvalue weighted by atomic mass is 10.1. The molecule has 3 N–H and O–H groups in total. The number of aliphatic hydroxyl groups excluding tert-OH is 1. The number of aliphatic hydroxyl groups is 1. The third-order valence-corrected chi connectivity index (χ3v) is 2.47. The van der Waals surface area contributed by atoms with Crippen molar-refractivity contribution in [3.63, 3.8) is 0 Å². The van der Waals surface area contributed by atoms with Crippen molar-refractivity contribution in [2.75, 3.05) is 6.61 Å². The van der Waals surface area contributed by atoms with E-state index >= 15 is 0 Å². The number of hydrogen-bond donors (Lipinski definition) is 3. The van der Waals surface area contributed by atoms with Crippen LogP contribution in [0.1, 0.15) is 35.7 Å². The van der Waals surface area contributed by atoms with Gasteiger partial charge in [-0.2, -0.15) is 0 Å². The van der Waals surface area contributed by atoms with E-state index in [-0.39, 0.29) is 31.4 Å². The molecule has 5 nitrogen and oxygen atoms in total. The van der Waals surface area contributed by atoms with Gasteiger partial charge in [0.05, 0.1) is 13.0 Å². The zero-order valence-corrected chi connectivity index (χ0v) is 11.2. The molecule has 0 bridgehead atoms. The second kappa shape index (κ2) is 7.97. The molecule has 0 radical (unpaired) electrons. The van der Waals surface area contributed by atoms with Gasteiger partial charge in [-0.3, -0.25) is 9.59 Å². The quantitative estimate of drug-likeness (QED) is 0.700.